The number of ether oxygens (including phenoxy) is 1. The second kappa shape index (κ2) is 12.4. The highest BCUT2D eigenvalue weighted by atomic mass is 32.2. The van der Waals surface area contributed by atoms with E-state index in [1.54, 1.807) is 27.7 Å². The van der Waals surface area contributed by atoms with Gasteiger partial charge in [-0.25, -0.2) is 22.1 Å². The van der Waals surface area contributed by atoms with E-state index in [4.69, 9.17) is 17.2 Å². The molecule has 0 aromatic heterocycles. The number of carbonyl (C=O) groups is 2. The largest absolute Gasteiger partial charge is 0.555 e. The topological polar surface area (TPSA) is 143 Å². The van der Waals surface area contributed by atoms with Gasteiger partial charge in [-0.05, 0) is 19.4 Å². The summed E-state index contributed by atoms with van der Waals surface area (Å²) in [5, 5.41) is 14.3. The molecule has 1 heterocycles. The van der Waals surface area contributed by atoms with Crippen LogP contribution in [0.4, 0.5) is 5.69 Å². The third kappa shape index (κ3) is 6.63. The van der Waals surface area contributed by atoms with Gasteiger partial charge in [0.2, 0.25) is 0 Å². The lowest BCUT2D eigenvalue weighted by Gasteiger charge is -2.30. The minimum Gasteiger partial charge on any atom is -0.466 e. The molecule has 0 amide bonds. The Hall–Kier alpha value is -2.31. The minimum atomic E-state index is -4.34. The number of rotatable bonds is 11. The maximum Gasteiger partial charge on any atom is 0.555 e. The monoisotopic (exact) mass is 532 g/mol. The predicted octanol–water partition coefficient (Wildman–Crippen LogP) is 5.02. The standard InChI is InChI=1S/C20H25N2O9PS2/c1-6-33-30-32(27,31-34-7-2)29-20(24)17-13(4)21-12(3)16(19(23)28-5)18(17)14-9-8-10-15(11-14)22(25)26/h8-11,18,21H,6-7H2,1-5H3. The van der Waals surface area contributed by atoms with E-state index in [1.165, 1.54) is 31.4 Å². The number of nitrogens with one attached hydrogen (secondary N) is 1. The second-order valence-corrected chi connectivity index (χ2v) is 10.7. The van der Waals surface area contributed by atoms with Gasteiger partial charge < -0.3 is 14.6 Å². The van der Waals surface area contributed by atoms with Crippen molar-refractivity contribution in [3.05, 3.63) is 62.5 Å². The van der Waals surface area contributed by atoms with Crippen LogP contribution in [0, 0.1) is 10.1 Å². The molecule has 2 rings (SSSR count). The summed E-state index contributed by atoms with van der Waals surface area (Å²) in [6.45, 7) is 6.66. The van der Waals surface area contributed by atoms with Gasteiger partial charge in [0.1, 0.15) is 0 Å². The molecule has 0 fully saturated rings. The number of methoxy groups -OCH3 is 1. The number of phosphoric acid groups is 1. The number of nitro groups is 1. The van der Waals surface area contributed by atoms with Crippen LogP contribution in [0.5, 0.6) is 0 Å². The first-order chi connectivity index (χ1) is 16.1. The fraction of sp³-hybridized carbons (Fsp3) is 0.400. The first kappa shape index (κ1) is 27.9. The highest BCUT2D eigenvalue weighted by Gasteiger charge is 2.42. The molecule has 186 valence electrons. The van der Waals surface area contributed by atoms with E-state index in [0.29, 0.717) is 22.9 Å². The van der Waals surface area contributed by atoms with Gasteiger partial charge in [-0.1, -0.05) is 26.0 Å². The van der Waals surface area contributed by atoms with Crippen LogP contribution in [0.2, 0.25) is 0 Å². The summed E-state index contributed by atoms with van der Waals surface area (Å²) in [6, 6.07) is 5.50. The van der Waals surface area contributed by atoms with Gasteiger partial charge in [0.05, 0.1) is 29.1 Å². The molecule has 0 saturated heterocycles. The van der Waals surface area contributed by atoms with Crippen molar-refractivity contribution in [3.8, 4) is 0 Å². The van der Waals surface area contributed by atoms with Crippen molar-refractivity contribution in [2.24, 2.45) is 0 Å². The normalized spacial score (nSPS) is 16.2. The zero-order valence-corrected chi connectivity index (χ0v) is 21.7. The SMILES string of the molecule is CCSOP(=O)(OSCC)OC(=O)C1=C(C)NC(C)=C(C(=O)OC)C1c1cccc([N+](=O)[O-])c1. The number of dihydropyridines is 1. The maximum absolute atomic E-state index is 13.3. The summed E-state index contributed by atoms with van der Waals surface area (Å²) in [5.41, 5.74) is 0.661. The molecule has 1 aliphatic heterocycles. The second-order valence-electron chi connectivity index (χ2n) is 6.77. The molecule has 1 N–H and O–H groups in total. The van der Waals surface area contributed by atoms with Gasteiger partial charge in [0.25, 0.3) is 5.69 Å². The Morgan fingerprint density at radius 3 is 2.15 bits per heavy atom. The summed E-state index contributed by atoms with van der Waals surface area (Å²) in [7, 11) is -3.16. The predicted molar refractivity (Wildman–Crippen MR) is 129 cm³/mol. The first-order valence-electron chi connectivity index (χ1n) is 10.1. The molecular formula is C20H25N2O9PS2. The number of nitro benzene ring substituents is 1. The fourth-order valence-electron chi connectivity index (χ4n) is 3.22. The average molecular weight is 533 g/mol. The van der Waals surface area contributed by atoms with Crippen molar-refractivity contribution in [2.75, 3.05) is 18.6 Å². The van der Waals surface area contributed by atoms with Gasteiger partial charge in [-0.3, -0.25) is 10.1 Å². The number of allylic oxidation sites excluding steroid dienone is 2. The highest BCUT2D eigenvalue weighted by Crippen LogP contribution is 2.57. The minimum absolute atomic E-state index is 0.0445. The zero-order valence-electron chi connectivity index (χ0n) is 19.2. The van der Waals surface area contributed by atoms with E-state index in [1.807, 2.05) is 0 Å². The van der Waals surface area contributed by atoms with Crippen molar-refractivity contribution < 1.29 is 36.3 Å². The van der Waals surface area contributed by atoms with E-state index in [0.717, 1.165) is 24.1 Å². The van der Waals surface area contributed by atoms with Crippen LogP contribution in [0.1, 0.15) is 39.2 Å². The lowest BCUT2D eigenvalue weighted by molar-refractivity contribution is -0.384. The van der Waals surface area contributed by atoms with Gasteiger partial charge in [-0.15, -0.1) is 0 Å². The number of hydrogen-bond donors (Lipinski definition) is 1. The van der Waals surface area contributed by atoms with Crippen LogP contribution in [0.25, 0.3) is 0 Å². The van der Waals surface area contributed by atoms with Gasteiger partial charge >= 0.3 is 19.8 Å². The van der Waals surface area contributed by atoms with Crippen molar-refractivity contribution in [1.82, 2.24) is 5.32 Å². The Bertz CT molecular complexity index is 1060. The van der Waals surface area contributed by atoms with Crippen LogP contribution >= 0.6 is 31.9 Å². The third-order valence-electron chi connectivity index (χ3n) is 4.52. The molecule has 0 bridgehead atoms. The Labute approximate surface area is 205 Å². The molecule has 0 spiro atoms. The molecule has 1 unspecified atom stereocenters. The average Bonchev–Trinajstić information content (AvgIpc) is 2.80. The van der Waals surface area contributed by atoms with Crippen LogP contribution in [-0.4, -0.2) is 35.5 Å². The number of hydrogen-bond acceptors (Lipinski definition) is 12. The Balaban J connectivity index is 2.60. The molecule has 1 aromatic carbocycles. The molecule has 0 saturated carbocycles. The van der Waals surface area contributed by atoms with Crippen molar-refractivity contribution in [3.63, 3.8) is 0 Å². The summed E-state index contributed by atoms with van der Waals surface area (Å²) in [6.07, 6.45) is 0. The molecule has 1 aliphatic rings. The summed E-state index contributed by atoms with van der Waals surface area (Å²) in [4.78, 5) is 36.8. The Morgan fingerprint density at radius 1 is 1.09 bits per heavy atom. The van der Waals surface area contributed by atoms with E-state index < -0.39 is 30.6 Å². The quantitative estimate of drug-likeness (QED) is 0.134. The lowest BCUT2D eigenvalue weighted by atomic mass is 9.80. The summed E-state index contributed by atoms with van der Waals surface area (Å²) < 4.78 is 33.4. The molecule has 1 atom stereocenters. The van der Waals surface area contributed by atoms with Crippen molar-refractivity contribution in [1.29, 1.82) is 0 Å². The Kier molecular flexibility index (Phi) is 10.2. The van der Waals surface area contributed by atoms with Crippen LogP contribution in [0.15, 0.2) is 46.8 Å². The molecular weight excluding hydrogens is 507 g/mol. The van der Waals surface area contributed by atoms with Gasteiger partial charge in [0, 0.05) is 59.1 Å². The fourth-order valence-corrected chi connectivity index (χ4v) is 5.97. The Morgan fingerprint density at radius 2 is 1.65 bits per heavy atom. The lowest BCUT2D eigenvalue weighted by Crippen LogP contribution is -2.32. The summed E-state index contributed by atoms with van der Waals surface area (Å²) in [5.74, 6) is -2.11. The maximum atomic E-state index is 13.3. The molecule has 0 radical (unpaired) electrons. The van der Waals surface area contributed by atoms with E-state index in [2.05, 4.69) is 5.32 Å². The van der Waals surface area contributed by atoms with Gasteiger partial charge in [0.15, 0.2) is 0 Å². The number of nitrogens with zero attached hydrogens (tertiary/aromatic N) is 1. The number of carbonyl (C=O) groups excluding carboxylic acids is 2. The van der Waals surface area contributed by atoms with Crippen LogP contribution in [0.3, 0.4) is 0 Å². The molecule has 1 aromatic rings. The zero-order chi connectivity index (χ0) is 25.5. The third-order valence-corrected chi connectivity index (χ3v) is 7.68. The van der Waals surface area contributed by atoms with E-state index in [9.17, 15) is 24.3 Å². The number of non-ortho nitro benzene ring substituents is 1. The summed E-state index contributed by atoms with van der Waals surface area (Å²) >= 11 is 1.60. The van der Waals surface area contributed by atoms with Crippen LogP contribution < -0.4 is 5.32 Å². The van der Waals surface area contributed by atoms with Gasteiger partial charge in [-0.2, -0.15) is 0 Å². The molecule has 14 heteroatoms. The first-order valence-corrected chi connectivity index (χ1v) is 13.3. The molecule has 0 aliphatic carbocycles. The van der Waals surface area contributed by atoms with Crippen molar-refractivity contribution >= 4 is 49.5 Å². The smallest absolute Gasteiger partial charge is 0.466 e. The number of benzene rings is 1. The van der Waals surface area contributed by atoms with E-state index >= 15 is 0 Å². The number of esters is 1. The molecule has 11 nitrogen and oxygen atoms in total. The van der Waals surface area contributed by atoms with E-state index in [-0.39, 0.29) is 22.4 Å². The van der Waals surface area contributed by atoms with Crippen molar-refractivity contribution in [2.45, 2.75) is 33.6 Å². The van der Waals surface area contributed by atoms with Crippen LogP contribution in [-0.2, 0) is 31.4 Å². The highest BCUT2D eigenvalue weighted by molar-refractivity contribution is 8.01. The molecule has 34 heavy (non-hydrogen) atoms.